The summed E-state index contributed by atoms with van der Waals surface area (Å²) >= 11 is 0. The molecule has 1 unspecified atom stereocenters. The van der Waals surface area contributed by atoms with Gasteiger partial charge in [0.1, 0.15) is 0 Å². The minimum absolute atomic E-state index is 0.0384. The molecule has 4 rings (SSSR count). The van der Waals surface area contributed by atoms with Crippen molar-refractivity contribution in [3.63, 3.8) is 0 Å². The van der Waals surface area contributed by atoms with Gasteiger partial charge in [-0.2, -0.15) is 0 Å². The van der Waals surface area contributed by atoms with Gasteiger partial charge in [-0.15, -0.1) is 0 Å². The molecule has 7 nitrogen and oxygen atoms in total. The number of hydrogen-bond donors (Lipinski definition) is 0. The highest BCUT2D eigenvalue weighted by atomic mass is 32.2. The summed E-state index contributed by atoms with van der Waals surface area (Å²) in [6, 6.07) is 9.21. The van der Waals surface area contributed by atoms with Gasteiger partial charge in [0.15, 0.2) is 15.6 Å². The molecular weight excluding hydrogens is 402 g/mol. The van der Waals surface area contributed by atoms with Crippen LogP contribution in [0.25, 0.3) is 11.0 Å². The summed E-state index contributed by atoms with van der Waals surface area (Å²) in [6.45, 7) is 6.33. The van der Waals surface area contributed by atoms with E-state index in [0.29, 0.717) is 18.5 Å². The van der Waals surface area contributed by atoms with Crippen molar-refractivity contribution in [3.05, 3.63) is 57.8 Å². The first-order chi connectivity index (χ1) is 14.2. The van der Waals surface area contributed by atoms with Gasteiger partial charge in [0.25, 0.3) is 0 Å². The van der Waals surface area contributed by atoms with Crippen molar-refractivity contribution in [2.24, 2.45) is 0 Å². The second-order valence-electron chi connectivity index (χ2n) is 8.14. The zero-order valence-electron chi connectivity index (χ0n) is 17.6. The fourth-order valence-electron chi connectivity index (χ4n) is 4.69. The van der Waals surface area contributed by atoms with Gasteiger partial charge < -0.3 is 4.57 Å². The van der Waals surface area contributed by atoms with Crippen molar-refractivity contribution >= 4 is 26.7 Å². The molecule has 1 aromatic carbocycles. The highest BCUT2D eigenvalue weighted by Crippen LogP contribution is 2.29. The standard InChI is InChI=1S/C22H27N3O4S/c1-4-10-23-19-7-5-6-8-20(19)24(22(23)27)13-21(26)18-12-15(2)25(16(18)3)17-9-11-30(28,29)14-17/h5-8,12,17H,4,9-11,13-14H2,1-3H3. The molecule has 1 aliphatic heterocycles. The Morgan fingerprint density at radius 2 is 1.80 bits per heavy atom. The molecule has 160 valence electrons. The van der Waals surface area contributed by atoms with Crippen LogP contribution in [0.1, 0.15) is 47.6 Å². The average molecular weight is 430 g/mol. The number of imidazole rings is 1. The molecule has 0 radical (unpaired) electrons. The monoisotopic (exact) mass is 429 g/mol. The predicted molar refractivity (Wildman–Crippen MR) is 117 cm³/mol. The van der Waals surface area contributed by atoms with Gasteiger partial charge in [-0.1, -0.05) is 19.1 Å². The van der Waals surface area contributed by atoms with Gasteiger partial charge in [0, 0.05) is 29.5 Å². The van der Waals surface area contributed by atoms with E-state index < -0.39 is 9.84 Å². The molecule has 1 saturated heterocycles. The molecule has 30 heavy (non-hydrogen) atoms. The summed E-state index contributed by atoms with van der Waals surface area (Å²) in [6.07, 6.45) is 1.39. The molecule has 3 aromatic rings. The van der Waals surface area contributed by atoms with Crippen molar-refractivity contribution in [3.8, 4) is 0 Å². The summed E-state index contributed by atoms with van der Waals surface area (Å²) in [7, 11) is -3.02. The van der Waals surface area contributed by atoms with E-state index in [1.54, 1.807) is 9.13 Å². The molecular formula is C22H27N3O4S. The lowest BCUT2D eigenvalue weighted by atomic mass is 10.1. The normalized spacial score (nSPS) is 18.3. The highest BCUT2D eigenvalue weighted by Gasteiger charge is 2.31. The van der Waals surface area contributed by atoms with E-state index >= 15 is 0 Å². The van der Waals surface area contributed by atoms with Gasteiger partial charge in [0.2, 0.25) is 0 Å². The van der Waals surface area contributed by atoms with Crippen molar-refractivity contribution < 1.29 is 13.2 Å². The smallest absolute Gasteiger partial charge is 0.329 e. The van der Waals surface area contributed by atoms with Gasteiger partial charge in [-0.3, -0.25) is 13.9 Å². The van der Waals surface area contributed by atoms with E-state index in [2.05, 4.69) is 0 Å². The maximum atomic E-state index is 13.2. The Morgan fingerprint density at radius 3 is 2.40 bits per heavy atom. The third kappa shape index (κ3) is 3.43. The number of sulfone groups is 1. The second kappa shape index (κ2) is 7.58. The van der Waals surface area contributed by atoms with Crippen LogP contribution in [0, 0.1) is 13.8 Å². The van der Waals surface area contributed by atoms with Crippen LogP contribution >= 0.6 is 0 Å². The van der Waals surface area contributed by atoms with Crippen LogP contribution in [-0.2, 0) is 22.9 Å². The molecule has 1 fully saturated rings. The number of aromatic nitrogens is 3. The van der Waals surface area contributed by atoms with Gasteiger partial charge in [-0.25, -0.2) is 13.2 Å². The fourth-order valence-corrected chi connectivity index (χ4v) is 6.39. The molecule has 0 amide bonds. The highest BCUT2D eigenvalue weighted by molar-refractivity contribution is 7.91. The van der Waals surface area contributed by atoms with E-state index in [0.717, 1.165) is 28.8 Å². The van der Waals surface area contributed by atoms with Crippen molar-refractivity contribution in [2.45, 2.75) is 52.7 Å². The fraction of sp³-hybridized carbons (Fsp3) is 0.455. The van der Waals surface area contributed by atoms with Crippen LogP contribution in [-0.4, -0.2) is 39.4 Å². The number of para-hydroxylation sites is 2. The number of Topliss-reactive ketones (excluding diaryl/α,β-unsaturated/α-hetero) is 1. The summed E-state index contributed by atoms with van der Waals surface area (Å²) in [5.41, 5.74) is 3.60. The Bertz CT molecular complexity index is 1290. The minimum Gasteiger partial charge on any atom is -0.344 e. The number of fused-ring (bicyclic) bond motifs is 1. The maximum Gasteiger partial charge on any atom is 0.329 e. The first-order valence-corrected chi connectivity index (χ1v) is 12.2. The molecule has 0 aliphatic carbocycles. The van der Waals surface area contributed by atoms with Crippen LogP contribution in [0.15, 0.2) is 35.1 Å². The summed E-state index contributed by atoms with van der Waals surface area (Å²) in [5.74, 6) is 0.155. The second-order valence-corrected chi connectivity index (χ2v) is 10.4. The first-order valence-electron chi connectivity index (χ1n) is 10.3. The van der Waals surface area contributed by atoms with E-state index in [-0.39, 0.29) is 35.6 Å². The Labute approximate surface area is 175 Å². The van der Waals surface area contributed by atoms with Crippen LogP contribution in [0.5, 0.6) is 0 Å². The van der Waals surface area contributed by atoms with E-state index in [1.807, 2.05) is 55.7 Å². The Morgan fingerprint density at radius 1 is 1.13 bits per heavy atom. The largest absolute Gasteiger partial charge is 0.344 e. The molecule has 8 heteroatoms. The molecule has 1 atom stereocenters. The predicted octanol–water partition coefficient (Wildman–Crippen LogP) is 2.87. The Hall–Kier alpha value is -2.61. The Kier molecular flexibility index (Phi) is 5.22. The maximum absolute atomic E-state index is 13.2. The SMILES string of the molecule is CCCn1c(=O)n(CC(=O)c2cc(C)n(C3CCS(=O)(=O)C3)c2C)c2ccccc21. The lowest BCUT2D eigenvalue weighted by Gasteiger charge is -2.16. The van der Waals surface area contributed by atoms with Gasteiger partial charge >= 0.3 is 5.69 Å². The van der Waals surface area contributed by atoms with Crippen molar-refractivity contribution in [2.75, 3.05) is 11.5 Å². The first kappa shape index (κ1) is 20.7. The Balaban J connectivity index is 1.70. The minimum atomic E-state index is -3.02. The summed E-state index contributed by atoms with van der Waals surface area (Å²) in [5, 5.41) is 0. The molecule has 0 bridgehead atoms. The number of ketones is 1. The van der Waals surface area contributed by atoms with Crippen LogP contribution in [0.3, 0.4) is 0 Å². The van der Waals surface area contributed by atoms with Gasteiger partial charge in [-0.05, 0) is 44.9 Å². The molecule has 1 aliphatic rings. The number of benzene rings is 1. The van der Waals surface area contributed by atoms with E-state index in [4.69, 9.17) is 0 Å². The summed E-state index contributed by atoms with van der Waals surface area (Å²) < 4.78 is 29.1. The average Bonchev–Trinajstić information content (AvgIpc) is 3.29. The van der Waals surface area contributed by atoms with E-state index in [9.17, 15) is 18.0 Å². The number of carbonyl (C=O) groups is 1. The van der Waals surface area contributed by atoms with Crippen LogP contribution < -0.4 is 5.69 Å². The number of hydrogen-bond acceptors (Lipinski definition) is 4. The number of carbonyl (C=O) groups excluding carboxylic acids is 1. The molecule has 2 aromatic heterocycles. The molecule has 3 heterocycles. The number of rotatable bonds is 6. The summed E-state index contributed by atoms with van der Waals surface area (Å²) in [4.78, 5) is 26.2. The third-order valence-electron chi connectivity index (χ3n) is 6.03. The van der Waals surface area contributed by atoms with Crippen molar-refractivity contribution in [1.29, 1.82) is 0 Å². The number of aryl methyl sites for hydroxylation is 2. The lowest BCUT2D eigenvalue weighted by molar-refractivity contribution is 0.0971. The van der Waals surface area contributed by atoms with Crippen LogP contribution in [0.4, 0.5) is 0 Å². The lowest BCUT2D eigenvalue weighted by Crippen LogP contribution is -2.27. The van der Waals surface area contributed by atoms with Crippen LogP contribution in [0.2, 0.25) is 0 Å². The van der Waals surface area contributed by atoms with E-state index in [1.165, 1.54) is 0 Å². The quantitative estimate of drug-likeness (QED) is 0.564. The zero-order chi connectivity index (χ0) is 21.6. The topological polar surface area (TPSA) is 83.1 Å². The molecule has 0 saturated carbocycles. The van der Waals surface area contributed by atoms with Gasteiger partial charge in [0.05, 0.1) is 29.1 Å². The third-order valence-corrected chi connectivity index (χ3v) is 7.78. The number of nitrogens with zero attached hydrogens (tertiary/aromatic N) is 3. The van der Waals surface area contributed by atoms with Crippen molar-refractivity contribution in [1.82, 2.24) is 13.7 Å². The zero-order valence-corrected chi connectivity index (χ0v) is 18.4. The molecule has 0 spiro atoms. The molecule has 0 N–H and O–H groups in total.